The lowest BCUT2D eigenvalue weighted by molar-refractivity contribution is 0.149. The minimum absolute atomic E-state index is 0.111. The highest BCUT2D eigenvalue weighted by Crippen LogP contribution is 2.66. The quantitative estimate of drug-likeness (QED) is 0.617. The van der Waals surface area contributed by atoms with Crippen molar-refractivity contribution in [2.45, 2.75) is 31.1 Å². The summed E-state index contributed by atoms with van der Waals surface area (Å²) in [6.45, 7) is 2.46. The third-order valence-electron chi connectivity index (χ3n) is 7.49. The number of sulfonamides is 1. The molecule has 3 saturated carbocycles. The maximum Gasteiger partial charge on any atom is 0.328 e. The van der Waals surface area contributed by atoms with Crippen LogP contribution >= 0.6 is 0 Å². The van der Waals surface area contributed by atoms with Crippen molar-refractivity contribution in [3.63, 3.8) is 0 Å². The SMILES string of the molecule is Cc1ccc(S(=O)(=O)NC(=O)NC[C@@H]2C[C@H]3C[C@@H]2[C@H]2[C@@H]3[C@H]3C=C[C@@H]2C3)cc1. The lowest BCUT2D eigenvalue weighted by Crippen LogP contribution is -2.43. The topological polar surface area (TPSA) is 75.3 Å². The van der Waals surface area contributed by atoms with Crippen LogP contribution in [0, 0.1) is 48.3 Å². The first-order valence-corrected chi connectivity index (χ1v) is 11.5. The molecule has 4 aliphatic rings. The molecule has 5 rings (SSSR count). The average Bonchev–Trinajstić information content (AvgIpc) is 3.38. The molecule has 0 aromatic heterocycles. The zero-order valence-corrected chi connectivity index (χ0v) is 16.3. The number of carbonyl (C=O) groups excluding carboxylic acids is 1. The Bertz CT molecular complexity index is 893. The Morgan fingerprint density at radius 3 is 2.48 bits per heavy atom. The second-order valence-corrected chi connectivity index (χ2v) is 10.6. The summed E-state index contributed by atoms with van der Waals surface area (Å²) in [6, 6.07) is 5.86. The molecular formula is C21H26N2O3S. The monoisotopic (exact) mass is 386 g/mol. The van der Waals surface area contributed by atoms with Crippen LogP contribution in [0.3, 0.4) is 0 Å². The summed E-state index contributed by atoms with van der Waals surface area (Å²) >= 11 is 0. The largest absolute Gasteiger partial charge is 0.337 e. The Morgan fingerprint density at radius 2 is 1.74 bits per heavy atom. The van der Waals surface area contributed by atoms with Crippen LogP contribution in [0.2, 0.25) is 0 Å². The Morgan fingerprint density at radius 1 is 1.04 bits per heavy atom. The van der Waals surface area contributed by atoms with E-state index in [0.29, 0.717) is 18.4 Å². The third-order valence-corrected chi connectivity index (χ3v) is 8.84. The number of nitrogens with one attached hydrogen (secondary N) is 2. The van der Waals surface area contributed by atoms with E-state index in [2.05, 4.69) is 22.2 Å². The van der Waals surface area contributed by atoms with Crippen molar-refractivity contribution < 1.29 is 13.2 Å². The van der Waals surface area contributed by atoms with E-state index in [1.54, 1.807) is 12.1 Å². The number of carbonyl (C=O) groups is 1. The molecule has 5 nitrogen and oxygen atoms in total. The fraction of sp³-hybridized carbons (Fsp3) is 0.571. The van der Waals surface area contributed by atoms with Gasteiger partial charge in [-0.2, -0.15) is 0 Å². The van der Waals surface area contributed by atoms with Crippen LogP contribution in [0.25, 0.3) is 0 Å². The smallest absolute Gasteiger partial charge is 0.328 e. The van der Waals surface area contributed by atoms with E-state index in [-0.39, 0.29) is 4.90 Å². The van der Waals surface area contributed by atoms with Gasteiger partial charge in [-0.15, -0.1) is 0 Å². The Balaban J connectivity index is 1.19. The number of benzene rings is 1. The van der Waals surface area contributed by atoms with Crippen LogP contribution in [0.1, 0.15) is 24.8 Å². The van der Waals surface area contributed by atoms with Gasteiger partial charge in [-0.3, -0.25) is 0 Å². The van der Waals surface area contributed by atoms with Gasteiger partial charge in [-0.05, 0) is 79.7 Å². The summed E-state index contributed by atoms with van der Waals surface area (Å²) in [6.07, 6.45) is 8.65. The average molecular weight is 387 g/mol. The maximum absolute atomic E-state index is 12.3. The first-order valence-electron chi connectivity index (χ1n) is 9.98. The molecule has 0 heterocycles. The van der Waals surface area contributed by atoms with Crippen LogP contribution < -0.4 is 10.0 Å². The number of hydrogen-bond acceptors (Lipinski definition) is 3. The molecule has 144 valence electrons. The number of aryl methyl sites for hydroxylation is 1. The van der Waals surface area contributed by atoms with Gasteiger partial charge in [0.15, 0.2) is 0 Å². The zero-order chi connectivity index (χ0) is 18.8. The first kappa shape index (κ1) is 17.3. The van der Waals surface area contributed by atoms with Crippen molar-refractivity contribution in [3.05, 3.63) is 42.0 Å². The standard InChI is InChI=1S/C21H26N2O3S/c1-12-2-6-17(7-3-12)27(25,26)23-21(24)22-11-16-9-15-10-18(16)20-14-5-4-13(8-14)19(15)20/h2-7,13-16,18-20H,8-11H2,1H3,(H2,22,23,24)/t13-,14+,15-,16-,18-,19+,20-/m0/s1. The van der Waals surface area contributed by atoms with Crippen molar-refractivity contribution >= 4 is 16.1 Å². The summed E-state index contributed by atoms with van der Waals surface area (Å²) in [5.41, 5.74) is 0.975. The molecule has 27 heavy (non-hydrogen) atoms. The maximum atomic E-state index is 12.3. The number of amides is 2. The van der Waals surface area contributed by atoms with Gasteiger partial charge in [0.1, 0.15) is 0 Å². The molecule has 7 atom stereocenters. The Labute approximate surface area is 160 Å². The molecule has 3 fully saturated rings. The summed E-state index contributed by atoms with van der Waals surface area (Å²) in [5.74, 6) is 5.18. The minimum Gasteiger partial charge on any atom is -0.337 e. The predicted octanol–water partition coefficient (Wildman–Crippen LogP) is 3.08. The predicted molar refractivity (Wildman–Crippen MR) is 102 cm³/mol. The van der Waals surface area contributed by atoms with E-state index in [1.807, 2.05) is 6.92 Å². The van der Waals surface area contributed by atoms with Gasteiger partial charge in [0.05, 0.1) is 4.90 Å². The van der Waals surface area contributed by atoms with Crippen molar-refractivity contribution in [1.29, 1.82) is 0 Å². The molecule has 0 aliphatic heterocycles. The van der Waals surface area contributed by atoms with Crippen LogP contribution in [0.15, 0.2) is 41.3 Å². The molecule has 0 radical (unpaired) electrons. The van der Waals surface area contributed by atoms with E-state index < -0.39 is 16.1 Å². The van der Waals surface area contributed by atoms with E-state index in [1.165, 1.54) is 31.4 Å². The van der Waals surface area contributed by atoms with Gasteiger partial charge in [-0.25, -0.2) is 17.9 Å². The second-order valence-electron chi connectivity index (χ2n) is 8.89. The van der Waals surface area contributed by atoms with Crippen LogP contribution in [-0.2, 0) is 10.0 Å². The summed E-state index contributed by atoms with van der Waals surface area (Å²) in [4.78, 5) is 12.3. The second kappa shape index (κ2) is 6.09. The van der Waals surface area contributed by atoms with Gasteiger partial charge >= 0.3 is 6.03 Å². The number of hydrogen-bond donors (Lipinski definition) is 2. The van der Waals surface area contributed by atoms with Gasteiger partial charge in [0, 0.05) is 6.54 Å². The highest BCUT2D eigenvalue weighted by atomic mass is 32.2. The third kappa shape index (κ3) is 2.80. The van der Waals surface area contributed by atoms with Crippen molar-refractivity contribution in [1.82, 2.24) is 10.0 Å². The highest BCUT2D eigenvalue weighted by Gasteiger charge is 2.60. The number of allylic oxidation sites excluding steroid dienone is 2. The number of rotatable bonds is 4. The Kier molecular flexibility index (Phi) is 3.90. The van der Waals surface area contributed by atoms with Crippen LogP contribution in [0.4, 0.5) is 4.79 Å². The van der Waals surface area contributed by atoms with E-state index in [9.17, 15) is 13.2 Å². The molecule has 0 spiro atoms. The molecule has 4 aliphatic carbocycles. The molecule has 0 saturated heterocycles. The lowest BCUT2D eigenvalue weighted by atomic mass is 9.69. The van der Waals surface area contributed by atoms with Crippen molar-refractivity contribution in [2.24, 2.45) is 41.4 Å². The fourth-order valence-electron chi connectivity index (χ4n) is 6.55. The van der Waals surface area contributed by atoms with Gasteiger partial charge < -0.3 is 5.32 Å². The van der Waals surface area contributed by atoms with Crippen LogP contribution in [0.5, 0.6) is 0 Å². The molecule has 2 N–H and O–H groups in total. The van der Waals surface area contributed by atoms with E-state index >= 15 is 0 Å². The normalized spacial score (nSPS) is 38.2. The summed E-state index contributed by atoms with van der Waals surface area (Å²) in [7, 11) is -3.82. The lowest BCUT2D eigenvalue weighted by Gasteiger charge is -2.36. The van der Waals surface area contributed by atoms with Gasteiger partial charge in [0.2, 0.25) is 0 Å². The van der Waals surface area contributed by atoms with E-state index in [4.69, 9.17) is 0 Å². The molecule has 1 aromatic rings. The fourth-order valence-corrected chi connectivity index (χ4v) is 7.47. The molecular weight excluding hydrogens is 360 g/mol. The summed E-state index contributed by atoms with van der Waals surface area (Å²) < 4.78 is 26.8. The number of urea groups is 1. The molecule has 2 amide bonds. The van der Waals surface area contributed by atoms with Crippen molar-refractivity contribution in [3.8, 4) is 0 Å². The number of fused-ring (bicyclic) bond motifs is 9. The van der Waals surface area contributed by atoms with E-state index in [0.717, 1.165) is 35.2 Å². The molecule has 1 aromatic carbocycles. The minimum atomic E-state index is -3.82. The highest BCUT2D eigenvalue weighted by molar-refractivity contribution is 7.90. The van der Waals surface area contributed by atoms with Gasteiger partial charge in [-0.1, -0.05) is 29.8 Å². The first-order chi connectivity index (χ1) is 12.9. The molecule has 4 bridgehead atoms. The molecule has 6 heteroatoms. The zero-order valence-electron chi connectivity index (χ0n) is 15.5. The summed E-state index contributed by atoms with van der Waals surface area (Å²) in [5, 5.41) is 2.82. The van der Waals surface area contributed by atoms with Crippen molar-refractivity contribution in [2.75, 3.05) is 6.54 Å². The molecule has 0 unspecified atom stereocenters. The van der Waals surface area contributed by atoms with Gasteiger partial charge in [0.25, 0.3) is 10.0 Å². The Hall–Kier alpha value is -1.82. The van der Waals surface area contributed by atoms with Crippen LogP contribution in [-0.4, -0.2) is 21.0 Å².